The van der Waals surface area contributed by atoms with E-state index in [0.29, 0.717) is 40.6 Å². The Morgan fingerprint density at radius 1 is 0.944 bits per heavy atom. The molecule has 5 rings (SSSR count). The summed E-state index contributed by atoms with van der Waals surface area (Å²) in [5.74, 6) is 0.917. The molecule has 36 heavy (non-hydrogen) atoms. The van der Waals surface area contributed by atoms with Crippen molar-refractivity contribution in [3.05, 3.63) is 112 Å². The minimum atomic E-state index is -0.314. The molecule has 0 aliphatic rings. The van der Waals surface area contributed by atoms with E-state index >= 15 is 0 Å². The quantitative estimate of drug-likeness (QED) is 0.164. The number of hydrogen-bond acceptors (Lipinski definition) is 5. The van der Waals surface area contributed by atoms with Gasteiger partial charge in [0.25, 0.3) is 5.91 Å². The van der Waals surface area contributed by atoms with E-state index < -0.39 is 0 Å². The second-order valence-corrected chi connectivity index (χ2v) is 9.57. The maximum absolute atomic E-state index is 12.6. The van der Waals surface area contributed by atoms with E-state index in [-0.39, 0.29) is 11.0 Å². The van der Waals surface area contributed by atoms with Gasteiger partial charge in [-0.1, -0.05) is 36.4 Å². The average molecular weight is 605 g/mol. The number of aromatic nitrogens is 1. The average Bonchev–Trinajstić information content (AvgIpc) is 3.32. The lowest BCUT2D eigenvalue weighted by atomic mass is 10.2. The number of carbonyl (C=O) groups is 1. The number of benzene rings is 4. The zero-order valence-corrected chi connectivity index (χ0v) is 21.9. The third-order valence-corrected chi connectivity index (χ3v) is 6.18. The normalized spacial score (nSPS) is 10.7. The van der Waals surface area contributed by atoms with Crippen LogP contribution in [0.15, 0.2) is 101 Å². The van der Waals surface area contributed by atoms with Gasteiger partial charge in [0.15, 0.2) is 10.7 Å². The molecule has 0 unspecified atom stereocenters. The summed E-state index contributed by atoms with van der Waals surface area (Å²) in [6, 6.07) is 30.2. The Morgan fingerprint density at radius 2 is 1.75 bits per heavy atom. The number of fused-ring (bicyclic) bond motifs is 1. The van der Waals surface area contributed by atoms with Crippen LogP contribution < -0.4 is 15.4 Å². The molecule has 0 saturated heterocycles. The molecule has 0 aliphatic heterocycles. The predicted molar refractivity (Wildman–Crippen MR) is 153 cm³/mol. The number of thiocarbonyl (C=S) groups is 1. The third-order valence-electron chi connectivity index (χ3n) is 5.31. The number of nitrogens with one attached hydrogen (secondary N) is 2. The van der Waals surface area contributed by atoms with Crippen molar-refractivity contribution in [2.45, 2.75) is 6.61 Å². The Morgan fingerprint density at radius 3 is 2.53 bits per heavy atom. The maximum atomic E-state index is 12.6. The lowest BCUT2D eigenvalue weighted by Gasteiger charge is -2.10. The van der Waals surface area contributed by atoms with Gasteiger partial charge < -0.3 is 14.5 Å². The molecule has 4 aromatic carbocycles. The number of halogens is 1. The second-order valence-electron chi connectivity index (χ2n) is 7.92. The first-order valence-electron chi connectivity index (χ1n) is 11.1. The highest BCUT2D eigenvalue weighted by Crippen LogP contribution is 2.27. The van der Waals surface area contributed by atoms with Crippen LogP contribution in [-0.4, -0.2) is 16.0 Å². The molecule has 0 atom stereocenters. The van der Waals surface area contributed by atoms with Gasteiger partial charge in [0.2, 0.25) is 5.89 Å². The van der Waals surface area contributed by atoms with Gasteiger partial charge in [-0.15, -0.1) is 0 Å². The molecule has 1 heterocycles. The molecule has 0 fully saturated rings. The molecular formula is C28H20IN3O3S. The molecule has 8 heteroatoms. The van der Waals surface area contributed by atoms with E-state index in [0.717, 1.165) is 14.7 Å². The maximum Gasteiger partial charge on any atom is 0.257 e. The smallest absolute Gasteiger partial charge is 0.257 e. The Hall–Kier alpha value is -3.76. The van der Waals surface area contributed by atoms with Crippen LogP contribution in [0, 0.1) is 3.57 Å². The summed E-state index contributed by atoms with van der Waals surface area (Å²) in [7, 11) is 0. The van der Waals surface area contributed by atoms with E-state index in [1.165, 1.54) is 0 Å². The Balaban J connectivity index is 1.19. The molecule has 2 N–H and O–H groups in total. The largest absolute Gasteiger partial charge is 0.489 e. The topological polar surface area (TPSA) is 76.4 Å². The van der Waals surface area contributed by atoms with Crippen molar-refractivity contribution in [3.63, 3.8) is 0 Å². The van der Waals surface area contributed by atoms with Crippen molar-refractivity contribution in [1.82, 2.24) is 10.3 Å². The fraction of sp³-hybridized carbons (Fsp3) is 0.0357. The number of nitrogens with zero attached hydrogens (tertiary/aromatic N) is 1. The molecule has 178 valence electrons. The third kappa shape index (κ3) is 5.89. The number of oxazole rings is 1. The number of hydrogen-bond donors (Lipinski definition) is 2. The van der Waals surface area contributed by atoms with Gasteiger partial charge in [-0.25, -0.2) is 4.98 Å². The van der Waals surface area contributed by atoms with E-state index in [4.69, 9.17) is 21.4 Å². The summed E-state index contributed by atoms with van der Waals surface area (Å²) in [5.41, 5.74) is 4.51. The van der Waals surface area contributed by atoms with Gasteiger partial charge in [-0.3, -0.25) is 10.1 Å². The van der Waals surface area contributed by atoms with E-state index in [9.17, 15) is 4.79 Å². The van der Waals surface area contributed by atoms with Crippen LogP contribution in [0.1, 0.15) is 15.9 Å². The first-order valence-corrected chi connectivity index (χ1v) is 12.6. The number of ether oxygens (including phenoxy) is 1. The first-order chi connectivity index (χ1) is 17.5. The molecule has 0 saturated carbocycles. The zero-order valence-electron chi connectivity index (χ0n) is 18.9. The summed E-state index contributed by atoms with van der Waals surface area (Å²) in [5, 5.41) is 5.92. The molecular weight excluding hydrogens is 585 g/mol. The molecule has 0 spiro atoms. The lowest BCUT2D eigenvalue weighted by Crippen LogP contribution is -2.34. The zero-order chi connectivity index (χ0) is 24.9. The van der Waals surface area contributed by atoms with Crippen molar-refractivity contribution in [1.29, 1.82) is 0 Å². The van der Waals surface area contributed by atoms with Gasteiger partial charge in [-0.05, 0) is 101 Å². The van der Waals surface area contributed by atoms with Gasteiger partial charge in [-0.2, -0.15) is 0 Å². The van der Waals surface area contributed by atoms with Crippen LogP contribution in [0.2, 0.25) is 0 Å². The molecule has 0 aliphatic carbocycles. The van der Waals surface area contributed by atoms with Gasteiger partial charge in [0, 0.05) is 20.4 Å². The molecule has 0 bridgehead atoms. The molecule has 6 nitrogen and oxygen atoms in total. The van der Waals surface area contributed by atoms with Crippen LogP contribution in [0.3, 0.4) is 0 Å². The van der Waals surface area contributed by atoms with E-state index in [1.54, 1.807) is 24.3 Å². The number of carbonyl (C=O) groups excluding carboxylic acids is 1. The van der Waals surface area contributed by atoms with Crippen molar-refractivity contribution in [3.8, 4) is 17.2 Å². The van der Waals surface area contributed by atoms with Gasteiger partial charge in [0.1, 0.15) is 17.9 Å². The van der Waals surface area contributed by atoms with Crippen molar-refractivity contribution in [2.24, 2.45) is 0 Å². The van der Waals surface area contributed by atoms with Gasteiger partial charge in [0.05, 0.1) is 0 Å². The van der Waals surface area contributed by atoms with Crippen LogP contribution in [0.5, 0.6) is 5.75 Å². The van der Waals surface area contributed by atoms with Gasteiger partial charge >= 0.3 is 0 Å². The Labute approximate surface area is 226 Å². The monoisotopic (exact) mass is 605 g/mol. The Bertz CT molecular complexity index is 1540. The second kappa shape index (κ2) is 10.9. The SMILES string of the molecule is O=C(NC(=S)Nc1ccc2oc(-c3cccc(I)c3)nc2c1)c1ccc(OCc2ccccc2)cc1. The molecule has 0 radical (unpaired) electrons. The van der Waals surface area contributed by atoms with Crippen LogP contribution in [-0.2, 0) is 6.61 Å². The summed E-state index contributed by atoms with van der Waals surface area (Å²) in [4.78, 5) is 17.2. The fourth-order valence-corrected chi connectivity index (χ4v) is 4.28. The van der Waals surface area contributed by atoms with Crippen LogP contribution in [0.4, 0.5) is 5.69 Å². The fourth-order valence-electron chi connectivity index (χ4n) is 3.53. The highest BCUT2D eigenvalue weighted by Gasteiger charge is 2.12. The van der Waals surface area contributed by atoms with Crippen molar-refractivity contribution >= 4 is 62.6 Å². The molecule has 1 aromatic heterocycles. The minimum Gasteiger partial charge on any atom is -0.489 e. The number of amides is 1. The standard InChI is InChI=1S/C28H20IN3O3S/c29-21-8-4-7-20(15-21)27-31-24-16-22(11-14-25(24)35-27)30-28(36)32-26(33)19-9-12-23(13-10-19)34-17-18-5-2-1-3-6-18/h1-16H,17H2,(H2,30,32,33,36). The highest BCUT2D eigenvalue weighted by molar-refractivity contribution is 14.1. The summed E-state index contributed by atoms with van der Waals surface area (Å²) in [6.45, 7) is 0.461. The first kappa shape index (κ1) is 24.0. The van der Waals surface area contributed by atoms with E-state index in [1.807, 2.05) is 72.8 Å². The summed E-state index contributed by atoms with van der Waals surface area (Å²) < 4.78 is 12.8. The summed E-state index contributed by atoms with van der Waals surface area (Å²) >= 11 is 7.60. The van der Waals surface area contributed by atoms with Crippen LogP contribution in [0.25, 0.3) is 22.6 Å². The van der Waals surface area contributed by atoms with Crippen LogP contribution >= 0.6 is 34.8 Å². The predicted octanol–water partition coefficient (Wildman–Crippen LogP) is 6.81. The van der Waals surface area contributed by atoms with Crippen molar-refractivity contribution < 1.29 is 13.9 Å². The number of anilines is 1. The lowest BCUT2D eigenvalue weighted by molar-refractivity contribution is 0.0977. The van der Waals surface area contributed by atoms with Crippen molar-refractivity contribution in [2.75, 3.05) is 5.32 Å². The molecule has 5 aromatic rings. The number of rotatable bonds is 6. The highest BCUT2D eigenvalue weighted by atomic mass is 127. The Kier molecular flexibility index (Phi) is 7.24. The minimum absolute atomic E-state index is 0.185. The molecule has 1 amide bonds. The summed E-state index contributed by atoms with van der Waals surface area (Å²) in [6.07, 6.45) is 0. The van der Waals surface area contributed by atoms with E-state index in [2.05, 4.69) is 38.2 Å².